The molecule has 31 heavy (non-hydrogen) atoms. The van der Waals surface area contributed by atoms with Crippen LogP contribution in [-0.4, -0.2) is 62.4 Å². The standard InChI is InChI=1S/C21H26N6O4/c1-21(2,3)31-20(29)26-9-7-13(8-10-26)27-17-14(16(25-27)18(22)28)6-5-12-11-23-19(30-4)24-15(12)17/h5-6,11,13H,7-10H2,1-4H3,(H2,22,28). The Labute approximate surface area is 179 Å². The normalized spacial score (nSPS) is 15.4. The van der Waals surface area contributed by atoms with Gasteiger partial charge in [-0.05, 0) is 39.7 Å². The molecule has 3 heterocycles. The maximum atomic E-state index is 12.4. The van der Waals surface area contributed by atoms with Crippen LogP contribution in [0.5, 0.6) is 6.01 Å². The Morgan fingerprint density at radius 3 is 2.52 bits per heavy atom. The second-order valence-electron chi connectivity index (χ2n) is 8.61. The van der Waals surface area contributed by atoms with Gasteiger partial charge in [-0.2, -0.15) is 10.1 Å². The van der Waals surface area contributed by atoms with Crippen LogP contribution in [0.2, 0.25) is 0 Å². The number of benzene rings is 1. The number of likely N-dealkylation sites (tertiary alicyclic amines) is 1. The van der Waals surface area contributed by atoms with Crippen molar-refractivity contribution in [3.63, 3.8) is 0 Å². The van der Waals surface area contributed by atoms with Crippen LogP contribution in [0.4, 0.5) is 4.79 Å². The zero-order chi connectivity index (χ0) is 22.3. The summed E-state index contributed by atoms with van der Waals surface area (Å²) in [7, 11) is 1.50. The Kier molecular flexibility index (Phi) is 5.16. The fourth-order valence-corrected chi connectivity index (χ4v) is 3.86. The summed E-state index contributed by atoms with van der Waals surface area (Å²) in [6.07, 6.45) is 2.67. The zero-order valence-corrected chi connectivity index (χ0v) is 18.1. The van der Waals surface area contributed by atoms with E-state index in [2.05, 4.69) is 15.1 Å². The van der Waals surface area contributed by atoms with E-state index in [9.17, 15) is 9.59 Å². The molecule has 2 amide bonds. The van der Waals surface area contributed by atoms with Crippen LogP contribution in [-0.2, 0) is 4.74 Å². The lowest BCUT2D eigenvalue weighted by Gasteiger charge is -2.33. The van der Waals surface area contributed by atoms with Gasteiger partial charge in [0.2, 0.25) is 0 Å². The highest BCUT2D eigenvalue weighted by molar-refractivity contribution is 6.11. The molecule has 1 fully saturated rings. The molecule has 0 radical (unpaired) electrons. The van der Waals surface area contributed by atoms with Gasteiger partial charge in [0.25, 0.3) is 5.91 Å². The average molecular weight is 426 g/mol. The molecule has 4 rings (SSSR count). The molecule has 164 valence electrons. The molecule has 0 atom stereocenters. The highest BCUT2D eigenvalue weighted by atomic mass is 16.6. The van der Waals surface area contributed by atoms with E-state index in [1.807, 2.05) is 37.6 Å². The molecule has 2 N–H and O–H groups in total. The highest BCUT2D eigenvalue weighted by Crippen LogP contribution is 2.33. The van der Waals surface area contributed by atoms with Crippen molar-refractivity contribution in [1.82, 2.24) is 24.6 Å². The first-order valence-electron chi connectivity index (χ1n) is 10.2. The van der Waals surface area contributed by atoms with Gasteiger partial charge >= 0.3 is 12.1 Å². The van der Waals surface area contributed by atoms with Crippen LogP contribution in [0.1, 0.15) is 50.1 Å². The number of aromatic nitrogens is 4. The van der Waals surface area contributed by atoms with Crippen molar-refractivity contribution in [2.45, 2.75) is 45.3 Å². The number of piperidine rings is 1. The average Bonchev–Trinajstić information content (AvgIpc) is 3.12. The third-order valence-corrected chi connectivity index (χ3v) is 5.27. The summed E-state index contributed by atoms with van der Waals surface area (Å²) in [6, 6.07) is 3.85. The monoisotopic (exact) mass is 426 g/mol. The van der Waals surface area contributed by atoms with Gasteiger partial charge in [0.15, 0.2) is 5.69 Å². The van der Waals surface area contributed by atoms with Gasteiger partial charge in [-0.3, -0.25) is 9.48 Å². The van der Waals surface area contributed by atoms with Gasteiger partial charge in [-0.25, -0.2) is 9.78 Å². The van der Waals surface area contributed by atoms with Gasteiger partial charge in [0.05, 0.1) is 18.7 Å². The Hall–Kier alpha value is -3.43. The van der Waals surface area contributed by atoms with Crippen molar-refractivity contribution in [3.8, 4) is 6.01 Å². The lowest BCUT2D eigenvalue weighted by atomic mass is 10.0. The third kappa shape index (κ3) is 3.97. The van der Waals surface area contributed by atoms with Gasteiger partial charge in [-0.15, -0.1) is 0 Å². The van der Waals surface area contributed by atoms with E-state index in [0.29, 0.717) is 42.4 Å². The van der Waals surface area contributed by atoms with Crippen molar-refractivity contribution >= 4 is 33.8 Å². The minimum absolute atomic E-state index is 0.0270. The highest BCUT2D eigenvalue weighted by Gasteiger charge is 2.30. The molecule has 0 unspecified atom stereocenters. The largest absolute Gasteiger partial charge is 0.467 e. The van der Waals surface area contributed by atoms with Crippen LogP contribution in [0.3, 0.4) is 0 Å². The maximum absolute atomic E-state index is 12.4. The molecular weight excluding hydrogens is 400 g/mol. The summed E-state index contributed by atoms with van der Waals surface area (Å²) in [4.78, 5) is 34.8. The van der Waals surface area contributed by atoms with E-state index >= 15 is 0 Å². The number of carbonyl (C=O) groups excluding carboxylic acids is 2. The topological polar surface area (TPSA) is 125 Å². The van der Waals surface area contributed by atoms with E-state index in [0.717, 1.165) is 5.39 Å². The van der Waals surface area contributed by atoms with Crippen molar-refractivity contribution < 1.29 is 19.1 Å². The SMILES string of the molecule is COc1ncc2ccc3c(C(N)=O)nn(C4CCN(C(=O)OC(C)(C)C)CC4)c3c2n1. The lowest BCUT2D eigenvalue weighted by molar-refractivity contribution is 0.0186. The van der Waals surface area contributed by atoms with Crippen LogP contribution in [0.15, 0.2) is 18.3 Å². The van der Waals surface area contributed by atoms with Crippen molar-refractivity contribution in [2.24, 2.45) is 5.73 Å². The quantitative estimate of drug-likeness (QED) is 0.682. The van der Waals surface area contributed by atoms with Crippen LogP contribution in [0.25, 0.3) is 21.8 Å². The third-order valence-electron chi connectivity index (χ3n) is 5.27. The molecule has 10 heteroatoms. The number of nitrogens with zero attached hydrogens (tertiary/aromatic N) is 5. The molecule has 1 aliphatic rings. The number of nitrogens with two attached hydrogens (primary N) is 1. The molecular formula is C21H26N6O4. The minimum Gasteiger partial charge on any atom is -0.467 e. The molecule has 1 aromatic carbocycles. The number of fused-ring (bicyclic) bond motifs is 3. The lowest BCUT2D eigenvalue weighted by Crippen LogP contribution is -2.42. The number of hydrogen-bond donors (Lipinski definition) is 1. The molecule has 3 aromatic rings. The molecule has 0 saturated carbocycles. The number of carbonyl (C=O) groups is 2. The Morgan fingerprint density at radius 1 is 1.19 bits per heavy atom. The predicted molar refractivity (Wildman–Crippen MR) is 114 cm³/mol. The summed E-state index contributed by atoms with van der Waals surface area (Å²) in [5.74, 6) is -0.602. The molecule has 0 aliphatic carbocycles. The summed E-state index contributed by atoms with van der Waals surface area (Å²) < 4.78 is 12.5. The number of rotatable bonds is 3. The van der Waals surface area contributed by atoms with Crippen molar-refractivity contribution in [3.05, 3.63) is 24.0 Å². The summed E-state index contributed by atoms with van der Waals surface area (Å²) in [6.45, 7) is 6.59. The number of methoxy groups -OCH3 is 1. The maximum Gasteiger partial charge on any atom is 0.410 e. The number of hydrogen-bond acceptors (Lipinski definition) is 7. The van der Waals surface area contributed by atoms with Crippen molar-refractivity contribution in [2.75, 3.05) is 20.2 Å². The van der Waals surface area contributed by atoms with Crippen LogP contribution in [0, 0.1) is 0 Å². The van der Waals surface area contributed by atoms with E-state index in [1.165, 1.54) is 7.11 Å². The first-order chi connectivity index (χ1) is 14.7. The van der Waals surface area contributed by atoms with E-state index in [4.69, 9.17) is 15.2 Å². The molecule has 1 saturated heterocycles. The fraction of sp³-hybridized carbons (Fsp3) is 0.476. The summed E-state index contributed by atoms with van der Waals surface area (Å²) >= 11 is 0. The number of ether oxygens (including phenoxy) is 2. The Bertz CT molecular complexity index is 1160. The van der Waals surface area contributed by atoms with Crippen LogP contribution >= 0.6 is 0 Å². The smallest absolute Gasteiger partial charge is 0.410 e. The predicted octanol–water partition coefficient (Wildman–Crippen LogP) is 2.66. The van der Waals surface area contributed by atoms with Gasteiger partial charge in [0.1, 0.15) is 11.1 Å². The van der Waals surface area contributed by atoms with E-state index in [-0.39, 0.29) is 23.8 Å². The molecule has 1 aliphatic heterocycles. The van der Waals surface area contributed by atoms with E-state index in [1.54, 1.807) is 11.1 Å². The number of primary amides is 1. The Balaban J connectivity index is 1.72. The van der Waals surface area contributed by atoms with Gasteiger partial charge in [-0.1, -0.05) is 6.07 Å². The van der Waals surface area contributed by atoms with E-state index < -0.39 is 11.5 Å². The molecule has 2 aromatic heterocycles. The summed E-state index contributed by atoms with van der Waals surface area (Å²) in [5, 5.41) is 5.99. The minimum atomic E-state index is -0.602. The molecule has 10 nitrogen and oxygen atoms in total. The molecule has 0 spiro atoms. The Morgan fingerprint density at radius 2 is 1.90 bits per heavy atom. The molecule has 0 bridgehead atoms. The van der Waals surface area contributed by atoms with Crippen molar-refractivity contribution in [1.29, 1.82) is 0 Å². The fourth-order valence-electron chi connectivity index (χ4n) is 3.86. The van der Waals surface area contributed by atoms with Crippen LogP contribution < -0.4 is 10.5 Å². The first-order valence-corrected chi connectivity index (χ1v) is 10.2. The first kappa shape index (κ1) is 20.8. The summed E-state index contributed by atoms with van der Waals surface area (Å²) in [5.41, 5.74) is 6.61. The second-order valence-corrected chi connectivity index (χ2v) is 8.61. The number of amides is 2. The zero-order valence-electron chi connectivity index (χ0n) is 18.1. The van der Waals surface area contributed by atoms with Gasteiger partial charge in [0, 0.05) is 30.1 Å². The second kappa shape index (κ2) is 7.68. The van der Waals surface area contributed by atoms with Gasteiger partial charge < -0.3 is 20.1 Å².